The normalized spacial score (nSPS) is 13.3. The van der Waals surface area contributed by atoms with Crippen LogP contribution in [-0.2, 0) is 25.6 Å². The maximum Gasteiger partial charge on any atom is 0.335 e. The summed E-state index contributed by atoms with van der Waals surface area (Å²) in [5.41, 5.74) is 0.858. The number of ether oxygens (including phenoxy) is 4. The zero-order valence-corrected chi connectivity index (χ0v) is 12.9. The van der Waals surface area contributed by atoms with E-state index in [-0.39, 0.29) is 20.0 Å². The van der Waals surface area contributed by atoms with Crippen LogP contribution in [0.15, 0.2) is 30.9 Å². The molecule has 0 aliphatic carbocycles. The van der Waals surface area contributed by atoms with E-state index in [1.165, 1.54) is 6.08 Å². The predicted molar refractivity (Wildman–Crippen MR) is 81.0 cm³/mol. The zero-order valence-electron chi connectivity index (χ0n) is 12.9. The molecule has 0 saturated heterocycles. The minimum atomic E-state index is -0.741. The minimum Gasteiger partial charge on any atom is -0.454 e. The third kappa shape index (κ3) is 5.00. The number of carbonyl (C=O) groups is 2. The van der Waals surface area contributed by atoms with Crippen molar-refractivity contribution in [2.45, 2.75) is 19.6 Å². The molecule has 124 valence electrons. The van der Waals surface area contributed by atoms with E-state index in [1.807, 2.05) is 6.07 Å². The topological polar surface area (TPSA) is 83.1 Å². The Morgan fingerprint density at radius 2 is 2.17 bits per heavy atom. The third-order valence-corrected chi connectivity index (χ3v) is 3.07. The average molecular weight is 321 g/mol. The van der Waals surface area contributed by atoms with Crippen molar-refractivity contribution in [1.29, 1.82) is 0 Å². The zero-order chi connectivity index (χ0) is 16.7. The molecule has 0 fully saturated rings. The van der Waals surface area contributed by atoms with E-state index < -0.39 is 18.0 Å². The van der Waals surface area contributed by atoms with Crippen molar-refractivity contribution in [3.8, 4) is 11.5 Å². The maximum absolute atomic E-state index is 11.7. The summed E-state index contributed by atoms with van der Waals surface area (Å²) in [4.78, 5) is 23.3. The molecule has 1 N–H and O–H groups in total. The van der Waals surface area contributed by atoms with Gasteiger partial charge in [0, 0.05) is 6.54 Å². The second-order valence-corrected chi connectivity index (χ2v) is 4.84. The smallest absolute Gasteiger partial charge is 0.335 e. The second kappa shape index (κ2) is 8.19. The van der Waals surface area contributed by atoms with Gasteiger partial charge in [0.05, 0.1) is 6.61 Å². The van der Waals surface area contributed by atoms with Crippen molar-refractivity contribution in [3.05, 3.63) is 36.4 Å². The van der Waals surface area contributed by atoms with Crippen LogP contribution in [-0.4, -0.2) is 38.0 Å². The second-order valence-electron chi connectivity index (χ2n) is 4.84. The van der Waals surface area contributed by atoms with Crippen molar-refractivity contribution < 1.29 is 28.5 Å². The molecule has 0 bridgehead atoms. The van der Waals surface area contributed by atoms with Gasteiger partial charge in [-0.2, -0.15) is 0 Å². The van der Waals surface area contributed by atoms with Gasteiger partial charge in [-0.15, -0.1) is 6.58 Å². The van der Waals surface area contributed by atoms with Crippen LogP contribution in [0.3, 0.4) is 0 Å². The van der Waals surface area contributed by atoms with Gasteiger partial charge in [-0.1, -0.05) is 12.1 Å². The molecule has 7 nitrogen and oxygen atoms in total. The largest absolute Gasteiger partial charge is 0.454 e. The number of carbonyl (C=O) groups excluding carboxylic acids is 2. The highest BCUT2D eigenvalue weighted by molar-refractivity contribution is 5.81. The molecule has 0 aromatic heterocycles. The SMILES string of the molecule is C=CCOC(C)C(=O)OCC(=O)NCc1ccc2c(c1)OCO2. The fourth-order valence-electron chi connectivity index (χ4n) is 1.84. The van der Waals surface area contributed by atoms with Crippen LogP contribution in [0.5, 0.6) is 11.5 Å². The molecule has 1 amide bonds. The van der Waals surface area contributed by atoms with E-state index in [1.54, 1.807) is 19.1 Å². The summed E-state index contributed by atoms with van der Waals surface area (Å²) in [7, 11) is 0. The van der Waals surface area contributed by atoms with E-state index in [4.69, 9.17) is 18.9 Å². The lowest BCUT2D eigenvalue weighted by Gasteiger charge is -2.11. The molecule has 1 aliphatic rings. The molecule has 1 aromatic carbocycles. The summed E-state index contributed by atoms with van der Waals surface area (Å²) < 4.78 is 20.4. The van der Waals surface area contributed by atoms with Gasteiger partial charge in [0.2, 0.25) is 6.79 Å². The van der Waals surface area contributed by atoms with Crippen LogP contribution in [0.1, 0.15) is 12.5 Å². The Bertz CT molecular complexity index is 586. The lowest BCUT2D eigenvalue weighted by molar-refractivity contribution is -0.158. The summed E-state index contributed by atoms with van der Waals surface area (Å²) >= 11 is 0. The minimum absolute atomic E-state index is 0.202. The Balaban J connectivity index is 1.71. The van der Waals surface area contributed by atoms with Crippen molar-refractivity contribution >= 4 is 11.9 Å². The lowest BCUT2D eigenvalue weighted by Crippen LogP contribution is -2.31. The van der Waals surface area contributed by atoms with Gasteiger partial charge < -0.3 is 24.3 Å². The van der Waals surface area contributed by atoms with Gasteiger partial charge in [-0.05, 0) is 24.6 Å². The van der Waals surface area contributed by atoms with E-state index in [2.05, 4.69) is 11.9 Å². The van der Waals surface area contributed by atoms with Gasteiger partial charge in [0.25, 0.3) is 5.91 Å². The van der Waals surface area contributed by atoms with Crippen LogP contribution in [0.25, 0.3) is 0 Å². The summed E-state index contributed by atoms with van der Waals surface area (Å²) in [5, 5.41) is 2.66. The lowest BCUT2D eigenvalue weighted by atomic mass is 10.2. The molecule has 1 aromatic rings. The highest BCUT2D eigenvalue weighted by atomic mass is 16.7. The van der Waals surface area contributed by atoms with Crippen LogP contribution >= 0.6 is 0 Å². The van der Waals surface area contributed by atoms with Gasteiger partial charge in [0.15, 0.2) is 24.2 Å². The highest BCUT2D eigenvalue weighted by Gasteiger charge is 2.16. The quantitative estimate of drug-likeness (QED) is 0.571. The highest BCUT2D eigenvalue weighted by Crippen LogP contribution is 2.32. The van der Waals surface area contributed by atoms with Crippen molar-refractivity contribution in [2.24, 2.45) is 0 Å². The van der Waals surface area contributed by atoms with Gasteiger partial charge in [-0.25, -0.2) is 4.79 Å². The molecule has 2 rings (SSSR count). The molecule has 23 heavy (non-hydrogen) atoms. The van der Waals surface area contributed by atoms with E-state index in [0.717, 1.165) is 5.56 Å². The predicted octanol–water partition coefficient (Wildman–Crippen LogP) is 1.17. The summed E-state index contributed by atoms with van der Waals surface area (Å²) in [6, 6.07) is 5.40. The molecule has 0 saturated carbocycles. The van der Waals surface area contributed by atoms with Crippen LogP contribution < -0.4 is 14.8 Å². The van der Waals surface area contributed by atoms with Gasteiger partial charge >= 0.3 is 5.97 Å². The van der Waals surface area contributed by atoms with Gasteiger partial charge in [-0.3, -0.25) is 4.79 Å². The molecular weight excluding hydrogens is 302 g/mol. The molecular formula is C16H19NO6. The van der Waals surface area contributed by atoms with Gasteiger partial charge in [0.1, 0.15) is 0 Å². The fraction of sp³-hybridized carbons (Fsp3) is 0.375. The van der Waals surface area contributed by atoms with E-state index in [0.29, 0.717) is 18.0 Å². The summed E-state index contributed by atoms with van der Waals surface area (Å²) in [6.07, 6.45) is 0.789. The van der Waals surface area contributed by atoms with Crippen LogP contribution in [0.2, 0.25) is 0 Å². The molecule has 7 heteroatoms. The fourth-order valence-corrected chi connectivity index (χ4v) is 1.84. The first kappa shape index (κ1) is 16.8. The number of rotatable bonds is 8. The number of esters is 1. The van der Waals surface area contributed by atoms with E-state index in [9.17, 15) is 9.59 Å². The number of hydrogen-bond acceptors (Lipinski definition) is 6. The Morgan fingerprint density at radius 3 is 2.96 bits per heavy atom. The first-order chi connectivity index (χ1) is 11.1. The summed E-state index contributed by atoms with van der Waals surface area (Å²) in [6.45, 7) is 5.42. The van der Waals surface area contributed by atoms with Crippen LogP contribution in [0, 0.1) is 0 Å². The molecule has 0 radical (unpaired) electrons. The Morgan fingerprint density at radius 1 is 1.39 bits per heavy atom. The Labute approximate surface area is 134 Å². The molecule has 1 aliphatic heterocycles. The number of fused-ring (bicyclic) bond motifs is 1. The molecule has 1 unspecified atom stereocenters. The maximum atomic E-state index is 11.7. The van der Waals surface area contributed by atoms with E-state index >= 15 is 0 Å². The number of benzene rings is 1. The third-order valence-electron chi connectivity index (χ3n) is 3.07. The van der Waals surface area contributed by atoms with Crippen molar-refractivity contribution in [2.75, 3.05) is 20.0 Å². The summed E-state index contributed by atoms with van der Waals surface area (Å²) in [5.74, 6) is 0.343. The Kier molecular flexibility index (Phi) is 5.99. The molecule has 1 atom stereocenters. The standard InChI is InChI=1S/C16H19NO6/c1-3-6-20-11(2)16(19)21-9-15(18)17-8-12-4-5-13-14(7-12)23-10-22-13/h3-5,7,11H,1,6,8-10H2,2H3,(H,17,18). The average Bonchev–Trinajstić information content (AvgIpc) is 3.03. The first-order valence-corrected chi connectivity index (χ1v) is 7.14. The van der Waals surface area contributed by atoms with Crippen LogP contribution in [0.4, 0.5) is 0 Å². The molecule has 0 spiro atoms. The first-order valence-electron chi connectivity index (χ1n) is 7.14. The van der Waals surface area contributed by atoms with Crippen molar-refractivity contribution in [1.82, 2.24) is 5.32 Å². The number of nitrogens with one attached hydrogen (secondary N) is 1. The Hall–Kier alpha value is -2.54. The monoisotopic (exact) mass is 321 g/mol. The van der Waals surface area contributed by atoms with Crippen molar-refractivity contribution in [3.63, 3.8) is 0 Å². The molecule has 1 heterocycles. The number of hydrogen-bond donors (Lipinski definition) is 1. The number of amides is 1.